The molecule has 1 rings (SSSR count). The largest absolute Gasteiger partial charge is 0.465 e. The van der Waals surface area contributed by atoms with Gasteiger partial charge in [0.05, 0.1) is 5.69 Å². The zero-order chi connectivity index (χ0) is 15.0. The summed E-state index contributed by atoms with van der Waals surface area (Å²) in [6.07, 6.45) is -1.36. The molecule has 0 bridgehead atoms. The maximum Gasteiger partial charge on any atom is 0.412 e. The minimum atomic E-state index is -1.36. The quantitative estimate of drug-likeness (QED) is 0.866. The first-order chi connectivity index (χ1) is 8.55. The lowest BCUT2D eigenvalue weighted by atomic mass is 10.0. The van der Waals surface area contributed by atoms with Gasteiger partial charge in [-0.3, -0.25) is 9.69 Å². The number of anilines is 1. The van der Waals surface area contributed by atoms with Crippen molar-refractivity contribution in [2.24, 2.45) is 5.73 Å². The molecule has 0 saturated carbocycles. The molecule has 0 aliphatic rings. The predicted molar refractivity (Wildman–Crippen MR) is 65.1 cm³/mol. The molecule has 0 heterocycles. The average Bonchev–Trinajstić information content (AvgIpc) is 2.11. The lowest BCUT2D eigenvalue weighted by molar-refractivity contribution is 0.0992. The second-order valence-corrected chi connectivity index (χ2v) is 4.94. The Kier molecular flexibility index (Phi) is 3.78. The van der Waals surface area contributed by atoms with E-state index in [2.05, 4.69) is 0 Å². The number of halogens is 2. The Morgan fingerprint density at radius 2 is 1.63 bits per heavy atom. The Bertz CT molecular complexity index is 515. The number of carbonyl (C=O) groups is 2. The first-order valence-electron chi connectivity index (χ1n) is 5.37. The van der Waals surface area contributed by atoms with Gasteiger partial charge in [-0.15, -0.1) is 0 Å². The Morgan fingerprint density at radius 1 is 1.21 bits per heavy atom. The number of primary amides is 1. The molecule has 2 amide bonds. The predicted octanol–water partition coefficient (Wildman–Crippen LogP) is 2.35. The Hall–Kier alpha value is -2.18. The van der Waals surface area contributed by atoms with E-state index in [1.807, 2.05) is 0 Å². The van der Waals surface area contributed by atoms with Gasteiger partial charge in [0.2, 0.25) is 0 Å². The summed E-state index contributed by atoms with van der Waals surface area (Å²) in [5.74, 6) is -3.64. The number of amides is 2. The molecule has 0 radical (unpaired) electrons. The van der Waals surface area contributed by atoms with Crippen LogP contribution in [0.3, 0.4) is 0 Å². The molecule has 3 N–H and O–H groups in total. The van der Waals surface area contributed by atoms with Crippen LogP contribution in [0.5, 0.6) is 0 Å². The van der Waals surface area contributed by atoms with E-state index >= 15 is 0 Å². The lowest BCUT2D eigenvalue weighted by Crippen LogP contribution is -2.45. The van der Waals surface area contributed by atoms with Gasteiger partial charge < -0.3 is 10.8 Å². The van der Waals surface area contributed by atoms with E-state index in [-0.39, 0.29) is 5.69 Å². The molecule has 0 fully saturated rings. The Morgan fingerprint density at radius 3 is 1.89 bits per heavy atom. The van der Waals surface area contributed by atoms with Crippen LogP contribution in [0.4, 0.5) is 19.3 Å². The number of nitrogens with zero attached hydrogens (tertiary/aromatic N) is 1. The van der Waals surface area contributed by atoms with E-state index in [1.165, 1.54) is 0 Å². The minimum absolute atomic E-state index is 0.208. The summed E-state index contributed by atoms with van der Waals surface area (Å²) >= 11 is 0. The topological polar surface area (TPSA) is 83.6 Å². The summed E-state index contributed by atoms with van der Waals surface area (Å²) in [7, 11) is 0. The summed E-state index contributed by atoms with van der Waals surface area (Å²) in [6.45, 7) is 4.71. The highest BCUT2D eigenvalue weighted by atomic mass is 19.1. The second-order valence-electron chi connectivity index (χ2n) is 4.94. The van der Waals surface area contributed by atoms with Gasteiger partial charge in [0, 0.05) is 5.54 Å². The highest BCUT2D eigenvalue weighted by molar-refractivity contribution is 5.95. The molecular weight excluding hydrogens is 258 g/mol. The normalized spacial score (nSPS) is 11.2. The van der Waals surface area contributed by atoms with Gasteiger partial charge in [0.25, 0.3) is 5.91 Å². The van der Waals surface area contributed by atoms with E-state index in [0.717, 1.165) is 17.0 Å². The van der Waals surface area contributed by atoms with Crippen molar-refractivity contribution in [3.05, 3.63) is 29.3 Å². The van der Waals surface area contributed by atoms with E-state index in [0.29, 0.717) is 0 Å². The van der Waals surface area contributed by atoms with Crippen molar-refractivity contribution in [3.8, 4) is 0 Å². The van der Waals surface area contributed by atoms with Crippen LogP contribution >= 0.6 is 0 Å². The Balaban J connectivity index is 3.44. The molecule has 104 valence electrons. The van der Waals surface area contributed by atoms with Gasteiger partial charge >= 0.3 is 6.09 Å². The van der Waals surface area contributed by atoms with E-state index in [9.17, 15) is 18.4 Å². The summed E-state index contributed by atoms with van der Waals surface area (Å²) in [5.41, 5.74) is 2.84. The van der Waals surface area contributed by atoms with Crippen molar-refractivity contribution in [2.45, 2.75) is 26.3 Å². The van der Waals surface area contributed by atoms with Crippen molar-refractivity contribution in [3.63, 3.8) is 0 Å². The summed E-state index contributed by atoms with van der Waals surface area (Å²) in [4.78, 5) is 22.8. The smallest absolute Gasteiger partial charge is 0.412 e. The molecule has 0 atom stereocenters. The standard InChI is InChI=1S/C12H14F2N2O3/c1-12(2,3)16(11(18)19)6-4-7(13)9(10(15)17)8(14)5-6/h4-5H,1-3H3,(H2,15,17)(H,18,19). The number of hydrogen-bond acceptors (Lipinski definition) is 2. The van der Waals surface area contributed by atoms with Crippen molar-refractivity contribution in [1.29, 1.82) is 0 Å². The average molecular weight is 272 g/mol. The third kappa shape index (κ3) is 2.98. The third-order valence-electron chi connectivity index (χ3n) is 2.39. The van der Waals surface area contributed by atoms with Crippen molar-refractivity contribution in [2.75, 3.05) is 4.90 Å². The summed E-state index contributed by atoms with van der Waals surface area (Å²) in [6, 6.07) is 1.53. The van der Waals surface area contributed by atoms with Crippen LogP contribution in [-0.2, 0) is 0 Å². The van der Waals surface area contributed by atoms with E-state index in [1.54, 1.807) is 20.8 Å². The second kappa shape index (κ2) is 4.83. The summed E-state index contributed by atoms with van der Waals surface area (Å²) < 4.78 is 27.2. The molecular formula is C12H14F2N2O3. The molecule has 1 aromatic carbocycles. The van der Waals surface area contributed by atoms with Gasteiger partial charge in [-0.2, -0.15) is 0 Å². The van der Waals surface area contributed by atoms with Crippen molar-refractivity contribution >= 4 is 17.7 Å². The molecule has 1 aromatic rings. The van der Waals surface area contributed by atoms with Crippen LogP contribution in [0.15, 0.2) is 12.1 Å². The number of nitrogens with two attached hydrogens (primary N) is 1. The van der Waals surface area contributed by atoms with Gasteiger partial charge in [0.1, 0.15) is 17.2 Å². The zero-order valence-electron chi connectivity index (χ0n) is 10.7. The van der Waals surface area contributed by atoms with Crippen molar-refractivity contribution in [1.82, 2.24) is 0 Å². The monoisotopic (exact) mass is 272 g/mol. The van der Waals surface area contributed by atoms with E-state index < -0.39 is 34.7 Å². The molecule has 0 aromatic heterocycles. The fraction of sp³-hybridized carbons (Fsp3) is 0.333. The van der Waals surface area contributed by atoms with Gasteiger partial charge in [-0.05, 0) is 32.9 Å². The van der Waals surface area contributed by atoms with Crippen LogP contribution in [0.25, 0.3) is 0 Å². The fourth-order valence-electron chi connectivity index (χ4n) is 1.71. The highest BCUT2D eigenvalue weighted by Crippen LogP contribution is 2.27. The van der Waals surface area contributed by atoms with Crippen LogP contribution in [0.2, 0.25) is 0 Å². The fourth-order valence-corrected chi connectivity index (χ4v) is 1.71. The maximum atomic E-state index is 13.6. The van der Waals surface area contributed by atoms with Crippen LogP contribution in [0, 0.1) is 11.6 Å². The number of carbonyl (C=O) groups excluding carboxylic acids is 1. The van der Waals surface area contributed by atoms with Gasteiger partial charge in [0.15, 0.2) is 0 Å². The SMILES string of the molecule is CC(C)(C)N(C(=O)O)c1cc(F)c(C(N)=O)c(F)c1. The third-order valence-corrected chi connectivity index (χ3v) is 2.39. The van der Waals surface area contributed by atoms with Crippen LogP contribution < -0.4 is 10.6 Å². The number of rotatable bonds is 2. The molecule has 0 saturated heterocycles. The Labute approximate surface area is 108 Å². The van der Waals surface area contributed by atoms with E-state index in [4.69, 9.17) is 10.8 Å². The molecule has 5 nitrogen and oxygen atoms in total. The zero-order valence-corrected chi connectivity index (χ0v) is 10.7. The first-order valence-corrected chi connectivity index (χ1v) is 5.37. The van der Waals surface area contributed by atoms with Crippen molar-refractivity contribution < 1.29 is 23.5 Å². The van der Waals surface area contributed by atoms with Crippen LogP contribution in [0.1, 0.15) is 31.1 Å². The molecule has 7 heteroatoms. The van der Waals surface area contributed by atoms with Crippen LogP contribution in [-0.4, -0.2) is 22.6 Å². The molecule has 0 unspecified atom stereocenters. The minimum Gasteiger partial charge on any atom is -0.465 e. The molecule has 19 heavy (non-hydrogen) atoms. The number of hydrogen-bond donors (Lipinski definition) is 2. The number of carboxylic acid groups (broad SMARTS) is 1. The van der Waals surface area contributed by atoms with Gasteiger partial charge in [-0.25, -0.2) is 13.6 Å². The highest BCUT2D eigenvalue weighted by Gasteiger charge is 2.30. The molecule has 0 aliphatic carbocycles. The molecule has 0 aliphatic heterocycles. The molecule has 0 spiro atoms. The summed E-state index contributed by atoms with van der Waals surface area (Å²) in [5, 5.41) is 9.11. The number of benzene rings is 1. The first kappa shape index (κ1) is 14.9. The lowest BCUT2D eigenvalue weighted by Gasteiger charge is -2.33. The maximum absolute atomic E-state index is 13.6. The van der Waals surface area contributed by atoms with Gasteiger partial charge in [-0.1, -0.05) is 0 Å².